The van der Waals surface area contributed by atoms with Crippen molar-refractivity contribution >= 4 is 58.2 Å². The van der Waals surface area contributed by atoms with Gasteiger partial charge in [0.05, 0.1) is 33.0 Å². The van der Waals surface area contributed by atoms with Crippen LogP contribution in [0.15, 0.2) is 47.1 Å². The molecule has 2 aromatic rings. The molecule has 3 aliphatic rings. The zero-order valence-electron chi connectivity index (χ0n) is 20.7. The van der Waals surface area contributed by atoms with Crippen molar-refractivity contribution in [2.75, 3.05) is 19.7 Å². The number of halogens is 2. The minimum atomic E-state index is -1.40. The van der Waals surface area contributed by atoms with E-state index in [4.69, 9.17) is 27.9 Å². The van der Waals surface area contributed by atoms with Gasteiger partial charge in [0.25, 0.3) is 11.8 Å². The van der Waals surface area contributed by atoms with Crippen LogP contribution in [0.25, 0.3) is 0 Å². The number of benzene rings is 1. The number of ether oxygens (including phenoxy) is 1. The standard InChI is InChI=1S/C27H25Cl2N3O6S/c28-18-10-16-13-32(26(35)15-4-3-14-6-8-38-20(14)11-15)7-5-17(16)23(29)22(18)25(34)31-19(27(36)37)12-30-24(33)21-2-1-9-39-21/h1-4,9-10,15,19H,5-8,11-13H2,(H,30,33)(H,31,34)(H,36,37)/t15?,19-/m0/s1. The Morgan fingerprint density at radius 3 is 2.77 bits per heavy atom. The van der Waals surface area contributed by atoms with Crippen molar-refractivity contribution in [3.8, 4) is 0 Å². The van der Waals surface area contributed by atoms with Gasteiger partial charge in [-0.2, -0.15) is 0 Å². The molecule has 204 valence electrons. The molecular formula is C27H25Cl2N3O6S. The van der Waals surface area contributed by atoms with Gasteiger partial charge in [-0.15, -0.1) is 11.3 Å². The number of carboxylic acids is 1. The Morgan fingerprint density at radius 1 is 1.21 bits per heavy atom. The molecule has 0 bridgehead atoms. The first-order valence-corrected chi connectivity index (χ1v) is 14.0. The van der Waals surface area contributed by atoms with Gasteiger partial charge >= 0.3 is 5.97 Å². The third kappa shape index (κ3) is 5.68. The molecule has 5 rings (SSSR count). The van der Waals surface area contributed by atoms with Crippen LogP contribution in [0.2, 0.25) is 10.0 Å². The molecule has 0 saturated carbocycles. The summed E-state index contributed by atoms with van der Waals surface area (Å²) in [5.41, 5.74) is 2.54. The smallest absolute Gasteiger partial charge is 0.328 e. The number of carboxylic acid groups (broad SMARTS) is 1. The molecule has 12 heteroatoms. The molecule has 0 fully saturated rings. The van der Waals surface area contributed by atoms with Crippen molar-refractivity contribution in [2.24, 2.45) is 5.92 Å². The van der Waals surface area contributed by atoms with E-state index in [0.29, 0.717) is 43.0 Å². The first-order chi connectivity index (χ1) is 18.7. The summed E-state index contributed by atoms with van der Waals surface area (Å²) >= 11 is 14.3. The van der Waals surface area contributed by atoms with E-state index in [1.807, 2.05) is 12.2 Å². The average molecular weight is 590 g/mol. The molecule has 3 heterocycles. The number of carbonyl (C=O) groups is 4. The molecular weight excluding hydrogens is 565 g/mol. The number of amides is 3. The lowest BCUT2D eigenvalue weighted by atomic mass is 9.91. The number of nitrogens with one attached hydrogen (secondary N) is 2. The number of thiophene rings is 1. The SMILES string of the molecule is O=C(NC[C@H](NC(=O)c1c(Cl)cc2c(c1Cl)CCN(C(=O)C1C=CC3=C(C1)OCC3)C2)C(=O)O)c1cccs1. The summed E-state index contributed by atoms with van der Waals surface area (Å²) in [6.45, 7) is 1.03. The van der Waals surface area contributed by atoms with Gasteiger partial charge in [-0.25, -0.2) is 4.79 Å². The van der Waals surface area contributed by atoms with Crippen molar-refractivity contribution in [1.29, 1.82) is 0 Å². The minimum Gasteiger partial charge on any atom is -0.497 e. The molecule has 1 unspecified atom stereocenters. The van der Waals surface area contributed by atoms with Crippen LogP contribution >= 0.6 is 34.5 Å². The third-order valence-corrected chi connectivity index (χ3v) is 8.60. The lowest BCUT2D eigenvalue weighted by Crippen LogP contribution is -2.48. The largest absolute Gasteiger partial charge is 0.497 e. The maximum absolute atomic E-state index is 13.2. The van der Waals surface area contributed by atoms with Crippen LogP contribution in [-0.4, -0.2) is 59.4 Å². The van der Waals surface area contributed by atoms with Gasteiger partial charge in [-0.05, 0) is 40.6 Å². The first kappa shape index (κ1) is 27.2. The normalized spacial score (nSPS) is 18.6. The van der Waals surface area contributed by atoms with Crippen LogP contribution in [0.4, 0.5) is 0 Å². The highest BCUT2D eigenvalue weighted by atomic mass is 35.5. The summed E-state index contributed by atoms with van der Waals surface area (Å²) in [5, 5.41) is 16.4. The maximum atomic E-state index is 13.2. The fourth-order valence-electron chi connectivity index (χ4n) is 4.95. The number of hydrogen-bond donors (Lipinski definition) is 3. The van der Waals surface area contributed by atoms with Gasteiger partial charge in [0.2, 0.25) is 5.91 Å². The van der Waals surface area contributed by atoms with E-state index in [1.54, 1.807) is 28.5 Å². The van der Waals surface area contributed by atoms with Crippen molar-refractivity contribution in [3.05, 3.63) is 78.7 Å². The molecule has 2 atom stereocenters. The minimum absolute atomic E-state index is 0.0121. The molecule has 3 amide bonds. The predicted molar refractivity (Wildman–Crippen MR) is 146 cm³/mol. The summed E-state index contributed by atoms with van der Waals surface area (Å²) in [6, 6.07) is 3.51. The van der Waals surface area contributed by atoms with Crippen LogP contribution in [0, 0.1) is 5.92 Å². The fraction of sp³-hybridized carbons (Fsp3) is 0.333. The summed E-state index contributed by atoms with van der Waals surface area (Å²) in [5.74, 6) is -1.95. The highest BCUT2D eigenvalue weighted by Crippen LogP contribution is 2.36. The molecule has 0 saturated heterocycles. The second-order valence-electron chi connectivity index (χ2n) is 9.46. The Morgan fingerprint density at radius 2 is 2.03 bits per heavy atom. The Hall–Kier alpha value is -3.34. The Bertz CT molecular complexity index is 1400. The molecule has 1 aliphatic carbocycles. The average Bonchev–Trinajstić information content (AvgIpc) is 3.62. The number of allylic oxidation sites excluding steroid dienone is 2. The predicted octanol–water partition coefficient (Wildman–Crippen LogP) is 3.80. The fourth-order valence-corrected chi connectivity index (χ4v) is 6.36. The van der Waals surface area contributed by atoms with E-state index in [1.165, 1.54) is 11.3 Å². The number of hydrogen-bond acceptors (Lipinski definition) is 6. The van der Waals surface area contributed by atoms with Crippen LogP contribution in [0.3, 0.4) is 0 Å². The van der Waals surface area contributed by atoms with Gasteiger partial charge in [0, 0.05) is 32.5 Å². The third-order valence-electron chi connectivity index (χ3n) is 7.02. The molecule has 1 aromatic carbocycles. The van der Waals surface area contributed by atoms with E-state index < -0.39 is 23.8 Å². The van der Waals surface area contributed by atoms with Crippen LogP contribution in [0.5, 0.6) is 0 Å². The second-order valence-corrected chi connectivity index (χ2v) is 11.2. The topological polar surface area (TPSA) is 125 Å². The number of fused-ring (bicyclic) bond motifs is 1. The lowest BCUT2D eigenvalue weighted by molar-refractivity contribution is -0.139. The van der Waals surface area contributed by atoms with Crippen molar-refractivity contribution in [3.63, 3.8) is 0 Å². The zero-order chi connectivity index (χ0) is 27.7. The van der Waals surface area contributed by atoms with Gasteiger partial charge in [-0.3, -0.25) is 14.4 Å². The van der Waals surface area contributed by atoms with Crippen LogP contribution < -0.4 is 10.6 Å². The molecule has 2 aliphatic heterocycles. The van der Waals surface area contributed by atoms with E-state index in [2.05, 4.69) is 10.6 Å². The highest BCUT2D eigenvalue weighted by molar-refractivity contribution is 7.12. The Balaban J connectivity index is 1.26. The van der Waals surface area contributed by atoms with Crippen molar-refractivity contribution in [1.82, 2.24) is 15.5 Å². The molecule has 1 aromatic heterocycles. The van der Waals surface area contributed by atoms with E-state index >= 15 is 0 Å². The summed E-state index contributed by atoms with van der Waals surface area (Å²) < 4.78 is 5.66. The zero-order valence-corrected chi connectivity index (χ0v) is 23.0. The second kappa shape index (κ2) is 11.4. The Kier molecular flexibility index (Phi) is 7.97. The highest BCUT2D eigenvalue weighted by Gasteiger charge is 2.33. The maximum Gasteiger partial charge on any atom is 0.328 e. The molecule has 39 heavy (non-hydrogen) atoms. The number of rotatable bonds is 7. The first-order valence-electron chi connectivity index (χ1n) is 12.4. The van der Waals surface area contributed by atoms with Gasteiger partial charge in [-0.1, -0.05) is 41.4 Å². The molecule has 0 spiro atoms. The van der Waals surface area contributed by atoms with E-state index in [-0.39, 0.29) is 34.0 Å². The van der Waals surface area contributed by atoms with Gasteiger partial charge < -0.3 is 25.4 Å². The Labute approximate surface area is 238 Å². The van der Waals surface area contributed by atoms with Gasteiger partial charge in [0.1, 0.15) is 11.8 Å². The number of aliphatic carboxylic acids is 1. The van der Waals surface area contributed by atoms with E-state index in [9.17, 15) is 24.3 Å². The quantitative estimate of drug-likeness (QED) is 0.451. The van der Waals surface area contributed by atoms with Crippen molar-refractivity contribution < 1.29 is 29.0 Å². The lowest BCUT2D eigenvalue weighted by Gasteiger charge is -2.33. The van der Waals surface area contributed by atoms with Crippen LogP contribution in [0.1, 0.15) is 44.0 Å². The van der Waals surface area contributed by atoms with Crippen molar-refractivity contribution in [2.45, 2.75) is 31.8 Å². The molecule has 9 nitrogen and oxygen atoms in total. The summed E-state index contributed by atoms with van der Waals surface area (Å²) in [4.78, 5) is 52.5. The van der Waals surface area contributed by atoms with Gasteiger partial charge in [0.15, 0.2) is 0 Å². The molecule has 0 radical (unpaired) electrons. The summed E-state index contributed by atoms with van der Waals surface area (Å²) in [6.07, 6.45) is 5.74. The van der Waals surface area contributed by atoms with Crippen LogP contribution in [-0.2, 0) is 27.3 Å². The monoisotopic (exact) mass is 589 g/mol. The molecule has 3 N–H and O–H groups in total. The summed E-state index contributed by atoms with van der Waals surface area (Å²) in [7, 11) is 0. The number of carbonyl (C=O) groups excluding carboxylic acids is 3. The number of nitrogens with zero attached hydrogens (tertiary/aromatic N) is 1. The van der Waals surface area contributed by atoms with E-state index in [0.717, 1.165) is 23.3 Å².